The largest absolute Gasteiger partial charge is 0.478 e. The fraction of sp³-hybridized carbons (Fsp3) is 0.500. The molecule has 0 bridgehead atoms. The van der Waals surface area contributed by atoms with E-state index in [0.29, 0.717) is 0 Å². The molecule has 0 unspecified atom stereocenters. The number of ether oxygens (including phenoxy) is 1. The number of hydrogen-bond acceptors (Lipinski definition) is 4. The Bertz CT molecular complexity index is 698. The number of pyridine rings is 1. The lowest BCUT2D eigenvalue weighted by Gasteiger charge is -2.28. The van der Waals surface area contributed by atoms with Crippen LogP contribution in [0.4, 0.5) is 0 Å². The maximum Gasteiger partial charge on any atom is 0.213 e. The van der Waals surface area contributed by atoms with Gasteiger partial charge in [0.1, 0.15) is 0 Å². The van der Waals surface area contributed by atoms with Gasteiger partial charge >= 0.3 is 0 Å². The third-order valence-electron chi connectivity index (χ3n) is 5.43. The van der Waals surface area contributed by atoms with Gasteiger partial charge in [-0.2, -0.15) is 0 Å². The average Bonchev–Trinajstić information content (AvgIpc) is 3.19. The first-order valence-corrected chi connectivity index (χ1v) is 9.97. The van der Waals surface area contributed by atoms with Crippen molar-refractivity contribution in [1.29, 1.82) is 0 Å². The Hall–Kier alpha value is -1.91. The quantitative estimate of drug-likeness (QED) is 0.714. The van der Waals surface area contributed by atoms with Gasteiger partial charge in [0, 0.05) is 32.2 Å². The molecule has 0 N–H and O–H groups in total. The van der Waals surface area contributed by atoms with Crippen molar-refractivity contribution in [1.82, 2.24) is 14.8 Å². The molecule has 0 atom stereocenters. The molecule has 0 spiro atoms. The monoisotopic (exact) mass is 351 g/mol. The molecular weight excluding hydrogens is 322 g/mol. The molecular formula is C22H29N3O. The molecule has 3 heterocycles. The number of aromatic nitrogens is 1. The zero-order chi connectivity index (χ0) is 17.6. The van der Waals surface area contributed by atoms with E-state index in [0.717, 1.165) is 51.5 Å². The summed E-state index contributed by atoms with van der Waals surface area (Å²) in [7, 11) is 0. The third-order valence-corrected chi connectivity index (χ3v) is 5.43. The molecule has 4 nitrogen and oxygen atoms in total. The van der Waals surface area contributed by atoms with Gasteiger partial charge < -0.3 is 9.64 Å². The van der Waals surface area contributed by atoms with E-state index in [4.69, 9.17) is 9.72 Å². The minimum absolute atomic E-state index is 0.760. The Morgan fingerprint density at radius 2 is 1.77 bits per heavy atom. The van der Waals surface area contributed by atoms with Crippen LogP contribution < -0.4 is 4.74 Å². The van der Waals surface area contributed by atoms with Gasteiger partial charge in [0.05, 0.1) is 12.3 Å². The number of likely N-dealkylation sites (tertiary alicyclic amines) is 1. The van der Waals surface area contributed by atoms with Crippen molar-refractivity contribution in [2.24, 2.45) is 0 Å². The maximum absolute atomic E-state index is 5.93. The van der Waals surface area contributed by atoms with Crippen LogP contribution in [0.3, 0.4) is 0 Å². The van der Waals surface area contributed by atoms with Crippen molar-refractivity contribution in [3.05, 3.63) is 59.3 Å². The minimum Gasteiger partial charge on any atom is -0.478 e. The van der Waals surface area contributed by atoms with Crippen molar-refractivity contribution in [3.8, 4) is 5.88 Å². The molecule has 0 aliphatic carbocycles. The Balaban J connectivity index is 1.29. The van der Waals surface area contributed by atoms with E-state index >= 15 is 0 Å². The Morgan fingerprint density at radius 1 is 0.923 bits per heavy atom. The maximum atomic E-state index is 5.93. The molecule has 2 aliphatic rings. The second-order valence-electron chi connectivity index (χ2n) is 7.45. The second kappa shape index (κ2) is 8.65. The number of hydrogen-bond donors (Lipinski definition) is 0. The van der Waals surface area contributed by atoms with Gasteiger partial charge in [0.25, 0.3) is 0 Å². The van der Waals surface area contributed by atoms with Crippen LogP contribution in [0.15, 0.2) is 42.5 Å². The molecule has 4 rings (SSSR count). The van der Waals surface area contributed by atoms with Gasteiger partial charge in [-0.05, 0) is 49.9 Å². The van der Waals surface area contributed by atoms with Crippen LogP contribution in [-0.4, -0.2) is 47.6 Å². The highest BCUT2D eigenvalue weighted by molar-refractivity contribution is 5.28. The van der Waals surface area contributed by atoms with Crippen LogP contribution in [0.2, 0.25) is 0 Å². The van der Waals surface area contributed by atoms with Crippen LogP contribution in [0.5, 0.6) is 5.88 Å². The predicted molar refractivity (Wildman–Crippen MR) is 104 cm³/mol. The SMILES string of the molecule is c1ccc(CN2CCc3ccc(OCCCN4CCCC4)nc3C2)cc1. The highest BCUT2D eigenvalue weighted by Crippen LogP contribution is 2.22. The minimum atomic E-state index is 0.760. The van der Waals surface area contributed by atoms with Crippen LogP contribution in [0.1, 0.15) is 36.1 Å². The molecule has 1 fully saturated rings. The van der Waals surface area contributed by atoms with Gasteiger partial charge in [0.15, 0.2) is 0 Å². The van der Waals surface area contributed by atoms with Crippen molar-refractivity contribution >= 4 is 0 Å². The first-order valence-electron chi connectivity index (χ1n) is 9.97. The zero-order valence-corrected chi connectivity index (χ0v) is 15.6. The van der Waals surface area contributed by atoms with Crippen LogP contribution >= 0.6 is 0 Å². The van der Waals surface area contributed by atoms with Crippen molar-refractivity contribution < 1.29 is 4.74 Å². The molecule has 2 aromatic rings. The lowest BCUT2D eigenvalue weighted by molar-refractivity contribution is 0.234. The van der Waals surface area contributed by atoms with E-state index in [9.17, 15) is 0 Å². The molecule has 2 aliphatic heterocycles. The van der Waals surface area contributed by atoms with Gasteiger partial charge in [-0.25, -0.2) is 4.98 Å². The number of fused-ring (bicyclic) bond motifs is 1. The van der Waals surface area contributed by atoms with Crippen LogP contribution in [-0.2, 0) is 19.5 Å². The molecule has 4 heteroatoms. The summed E-state index contributed by atoms with van der Waals surface area (Å²) in [5, 5.41) is 0. The molecule has 26 heavy (non-hydrogen) atoms. The first-order chi connectivity index (χ1) is 12.9. The zero-order valence-electron chi connectivity index (χ0n) is 15.6. The average molecular weight is 351 g/mol. The van der Waals surface area contributed by atoms with E-state index in [1.165, 1.54) is 42.8 Å². The third kappa shape index (κ3) is 4.63. The van der Waals surface area contributed by atoms with Crippen molar-refractivity contribution in [3.63, 3.8) is 0 Å². The molecule has 1 aromatic carbocycles. The summed E-state index contributed by atoms with van der Waals surface area (Å²) in [5.74, 6) is 0.784. The van der Waals surface area contributed by atoms with E-state index in [1.54, 1.807) is 0 Å². The van der Waals surface area contributed by atoms with E-state index in [1.807, 2.05) is 6.07 Å². The van der Waals surface area contributed by atoms with E-state index in [-0.39, 0.29) is 0 Å². The summed E-state index contributed by atoms with van der Waals surface area (Å²) in [5.41, 5.74) is 3.92. The first kappa shape index (κ1) is 17.5. The van der Waals surface area contributed by atoms with Gasteiger partial charge in [0.2, 0.25) is 5.88 Å². The second-order valence-corrected chi connectivity index (χ2v) is 7.45. The summed E-state index contributed by atoms with van der Waals surface area (Å²) in [6, 6.07) is 14.9. The molecule has 0 radical (unpaired) electrons. The van der Waals surface area contributed by atoms with Crippen LogP contribution in [0, 0.1) is 0 Å². The topological polar surface area (TPSA) is 28.6 Å². The molecule has 1 saturated heterocycles. The van der Waals surface area contributed by atoms with Gasteiger partial charge in [-0.15, -0.1) is 0 Å². The number of rotatable bonds is 7. The summed E-state index contributed by atoms with van der Waals surface area (Å²) >= 11 is 0. The molecule has 0 saturated carbocycles. The van der Waals surface area contributed by atoms with Gasteiger partial charge in [-0.1, -0.05) is 36.4 Å². The summed E-state index contributed by atoms with van der Waals surface area (Å²) in [6.07, 6.45) is 4.86. The fourth-order valence-corrected chi connectivity index (χ4v) is 3.97. The highest BCUT2D eigenvalue weighted by Gasteiger charge is 2.18. The van der Waals surface area contributed by atoms with Gasteiger partial charge in [-0.3, -0.25) is 4.90 Å². The molecule has 0 amide bonds. The number of nitrogens with zero attached hydrogens (tertiary/aromatic N) is 3. The summed E-state index contributed by atoms with van der Waals surface area (Å²) in [6.45, 7) is 7.42. The van der Waals surface area contributed by atoms with E-state index < -0.39 is 0 Å². The number of benzene rings is 1. The van der Waals surface area contributed by atoms with E-state index in [2.05, 4.69) is 46.2 Å². The highest BCUT2D eigenvalue weighted by atomic mass is 16.5. The van der Waals surface area contributed by atoms with Crippen LogP contribution in [0.25, 0.3) is 0 Å². The Morgan fingerprint density at radius 3 is 2.62 bits per heavy atom. The normalized spacial score (nSPS) is 18.0. The standard InChI is InChI=1S/C22H29N3O/c1-2-7-19(8-3-1)17-25-15-11-20-9-10-22(23-21(20)18-25)26-16-6-14-24-12-4-5-13-24/h1-3,7-10H,4-6,11-18H2. The smallest absolute Gasteiger partial charge is 0.213 e. The van der Waals surface area contributed by atoms with Crippen molar-refractivity contribution in [2.45, 2.75) is 38.8 Å². The lowest BCUT2D eigenvalue weighted by atomic mass is 10.0. The summed E-state index contributed by atoms with van der Waals surface area (Å²) < 4.78 is 5.93. The summed E-state index contributed by atoms with van der Waals surface area (Å²) in [4.78, 5) is 9.80. The fourth-order valence-electron chi connectivity index (χ4n) is 3.97. The predicted octanol–water partition coefficient (Wildman–Crippen LogP) is 3.50. The Labute approximate surface area is 156 Å². The molecule has 138 valence electrons. The Kier molecular flexibility index (Phi) is 5.82. The van der Waals surface area contributed by atoms with Crippen molar-refractivity contribution in [2.75, 3.05) is 32.8 Å². The molecule has 1 aromatic heterocycles. The lowest BCUT2D eigenvalue weighted by Crippen LogP contribution is -2.30.